The minimum Gasteiger partial charge on any atom is -0.427 e. The number of nitrogens with zero attached hydrogens (tertiary/aromatic N) is 2. The number of esters is 1. The molecule has 0 radical (unpaired) electrons. The zero-order valence-electron chi connectivity index (χ0n) is 9.76. The van der Waals surface area contributed by atoms with Gasteiger partial charge in [0.1, 0.15) is 5.75 Å². The maximum atomic E-state index is 12.1. The molecular weight excluding hydrogens is 250 g/mol. The number of ether oxygens (including phenoxy) is 1. The first kappa shape index (κ1) is 11.3. The monoisotopic (exact) mass is 257 g/mol. The highest BCUT2D eigenvalue weighted by atomic mass is 16.5. The molecule has 94 valence electrons. The van der Waals surface area contributed by atoms with E-state index in [1.807, 2.05) is 0 Å². The molecule has 19 heavy (non-hydrogen) atoms. The lowest BCUT2D eigenvalue weighted by atomic mass is 9.90. The number of aromatic nitrogens is 3. The van der Waals surface area contributed by atoms with Crippen LogP contribution in [0.25, 0.3) is 0 Å². The molecule has 2 aromatic rings. The fourth-order valence-corrected chi connectivity index (χ4v) is 1.94. The van der Waals surface area contributed by atoms with Crippen LogP contribution < -0.4 is 4.74 Å². The summed E-state index contributed by atoms with van der Waals surface area (Å²) >= 11 is 0. The second kappa shape index (κ2) is 3.84. The van der Waals surface area contributed by atoms with Crippen LogP contribution in [0.15, 0.2) is 18.2 Å². The quantitative estimate of drug-likeness (QED) is 0.503. The van der Waals surface area contributed by atoms with Gasteiger partial charge in [-0.15, -0.1) is 0 Å². The number of carbonyl (C=O) groups excluding carboxylic acids is 3. The molecule has 0 fully saturated rings. The van der Waals surface area contributed by atoms with Gasteiger partial charge in [-0.3, -0.25) is 14.4 Å². The highest BCUT2D eigenvalue weighted by molar-refractivity contribution is 6.26. The van der Waals surface area contributed by atoms with Gasteiger partial charge in [-0.25, -0.2) is 0 Å². The molecule has 0 amide bonds. The van der Waals surface area contributed by atoms with E-state index in [1.165, 1.54) is 25.1 Å². The molecule has 1 N–H and O–H groups in total. The van der Waals surface area contributed by atoms with Gasteiger partial charge in [0.2, 0.25) is 11.6 Å². The Labute approximate surface area is 106 Å². The molecule has 0 atom stereocenters. The third-order valence-corrected chi connectivity index (χ3v) is 2.72. The zero-order chi connectivity index (χ0) is 13.6. The smallest absolute Gasteiger partial charge is 0.308 e. The molecule has 7 heteroatoms. The van der Waals surface area contributed by atoms with Crippen molar-refractivity contribution >= 4 is 17.5 Å². The molecule has 0 unspecified atom stereocenters. The number of hydrogen-bond acceptors (Lipinski definition) is 6. The van der Waals surface area contributed by atoms with Gasteiger partial charge >= 0.3 is 5.97 Å². The van der Waals surface area contributed by atoms with Crippen molar-refractivity contribution in [3.8, 4) is 5.75 Å². The third kappa shape index (κ3) is 1.63. The van der Waals surface area contributed by atoms with E-state index < -0.39 is 11.8 Å². The predicted octanol–water partition coefficient (Wildman–Crippen LogP) is 0.505. The molecule has 1 aliphatic rings. The van der Waals surface area contributed by atoms with Crippen molar-refractivity contribution in [1.29, 1.82) is 0 Å². The molecule has 0 bridgehead atoms. The molecule has 3 rings (SSSR count). The Kier molecular flexibility index (Phi) is 2.28. The fraction of sp³-hybridized carbons (Fsp3) is 0.0833. The van der Waals surface area contributed by atoms with Crippen LogP contribution in [0.5, 0.6) is 5.75 Å². The minimum atomic E-state index is -0.503. The van der Waals surface area contributed by atoms with Crippen LogP contribution >= 0.6 is 0 Å². The van der Waals surface area contributed by atoms with E-state index in [0.29, 0.717) is 0 Å². The molecule has 1 heterocycles. The molecule has 1 aromatic heterocycles. The lowest BCUT2D eigenvalue weighted by Gasteiger charge is -2.12. The van der Waals surface area contributed by atoms with Crippen LogP contribution in [0.3, 0.4) is 0 Å². The van der Waals surface area contributed by atoms with E-state index in [0.717, 1.165) is 0 Å². The molecular formula is C12H7N3O4. The number of rotatable bonds is 1. The van der Waals surface area contributed by atoms with Crippen LogP contribution in [-0.4, -0.2) is 32.9 Å². The number of aromatic amines is 1. The Bertz CT molecular complexity index is 732. The summed E-state index contributed by atoms with van der Waals surface area (Å²) in [6, 6.07) is 4.25. The van der Waals surface area contributed by atoms with Gasteiger partial charge in [0.15, 0.2) is 11.4 Å². The van der Waals surface area contributed by atoms with Crippen molar-refractivity contribution in [2.24, 2.45) is 0 Å². The predicted molar refractivity (Wildman–Crippen MR) is 61.0 cm³/mol. The number of H-pyrrole nitrogens is 1. The maximum Gasteiger partial charge on any atom is 0.308 e. The first-order valence-corrected chi connectivity index (χ1v) is 5.40. The molecule has 1 aromatic carbocycles. The van der Waals surface area contributed by atoms with Gasteiger partial charge in [0.05, 0.1) is 0 Å². The Morgan fingerprint density at radius 2 is 1.74 bits per heavy atom. The average molecular weight is 257 g/mol. The SMILES string of the molecule is CC(=O)Oc1ccc2c(c1)C(=O)c1n[nH]nc1C2=O. The first-order chi connectivity index (χ1) is 9.08. The largest absolute Gasteiger partial charge is 0.427 e. The molecule has 1 aliphatic carbocycles. The summed E-state index contributed by atoms with van der Waals surface area (Å²) in [6.07, 6.45) is 0. The van der Waals surface area contributed by atoms with Crippen LogP contribution in [0.1, 0.15) is 39.0 Å². The molecule has 0 saturated carbocycles. The van der Waals surface area contributed by atoms with E-state index in [1.54, 1.807) is 0 Å². The number of hydrogen-bond donors (Lipinski definition) is 1. The highest BCUT2D eigenvalue weighted by Crippen LogP contribution is 2.27. The van der Waals surface area contributed by atoms with Crippen molar-refractivity contribution in [2.75, 3.05) is 0 Å². The maximum absolute atomic E-state index is 12.1. The minimum absolute atomic E-state index is 0.0118. The summed E-state index contributed by atoms with van der Waals surface area (Å²) in [5.41, 5.74) is 0.377. The number of ketones is 2. The van der Waals surface area contributed by atoms with Crippen molar-refractivity contribution in [1.82, 2.24) is 15.4 Å². The Morgan fingerprint density at radius 1 is 1.11 bits per heavy atom. The lowest BCUT2D eigenvalue weighted by Crippen LogP contribution is -2.21. The lowest BCUT2D eigenvalue weighted by molar-refractivity contribution is -0.131. The van der Waals surface area contributed by atoms with Crippen molar-refractivity contribution < 1.29 is 19.1 Å². The second-order valence-corrected chi connectivity index (χ2v) is 3.98. The summed E-state index contributed by atoms with van der Waals surface area (Å²) in [5.74, 6) is -1.10. The average Bonchev–Trinajstić information content (AvgIpc) is 2.84. The summed E-state index contributed by atoms with van der Waals surface area (Å²) in [4.78, 5) is 35.1. The van der Waals surface area contributed by atoms with E-state index in [9.17, 15) is 14.4 Å². The first-order valence-electron chi connectivity index (χ1n) is 5.40. The third-order valence-electron chi connectivity index (χ3n) is 2.72. The van der Waals surface area contributed by atoms with Crippen LogP contribution in [-0.2, 0) is 4.79 Å². The summed E-state index contributed by atoms with van der Waals surface area (Å²) < 4.78 is 4.89. The van der Waals surface area contributed by atoms with Crippen LogP contribution in [0.2, 0.25) is 0 Å². The van der Waals surface area contributed by atoms with Gasteiger partial charge in [-0.1, -0.05) is 0 Å². The topological polar surface area (TPSA) is 102 Å². The van der Waals surface area contributed by atoms with Crippen molar-refractivity contribution in [3.63, 3.8) is 0 Å². The molecule has 0 saturated heterocycles. The van der Waals surface area contributed by atoms with E-state index in [-0.39, 0.29) is 34.0 Å². The van der Waals surface area contributed by atoms with Crippen molar-refractivity contribution in [2.45, 2.75) is 6.92 Å². The van der Waals surface area contributed by atoms with E-state index in [4.69, 9.17) is 4.74 Å². The van der Waals surface area contributed by atoms with Gasteiger partial charge in [-0.2, -0.15) is 15.4 Å². The zero-order valence-corrected chi connectivity index (χ0v) is 9.76. The standard InChI is InChI=1S/C12H7N3O4/c1-5(16)19-6-2-3-7-8(4-6)12(18)10-9(11(7)17)13-15-14-10/h2-4H,1H3,(H,13,14,15). The molecule has 7 nitrogen and oxygen atoms in total. The summed E-state index contributed by atoms with van der Waals surface area (Å²) in [7, 11) is 0. The summed E-state index contributed by atoms with van der Waals surface area (Å²) in [5, 5.41) is 9.59. The van der Waals surface area contributed by atoms with Gasteiger partial charge in [-0.05, 0) is 18.2 Å². The van der Waals surface area contributed by atoms with E-state index >= 15 is 0 Å². The second-order valence-electron chi connectivity index (χ2n) is 3.98. The Morgan fingerprint density at radius 3 is 2.37 bits per heavy atom. The normalized spacial score (nSPS) is 12.9. The van der Waals surface area contributed by atoms with Gasteiger partial charge in [0.25, 0.3) is 0 Å². The van der Waals surface area contributed by atoms with Crippen molar-refractivity contribution in [3.05, 3.63) is 40.7 Å². The number of benzene rings is 1. The number of nitrogens with one attached hydrogen (secondary N) is 1. The van der Waals surface area contributed by atoms with E-state index in [2.05, 4.69) is 15.4 Å². The highest BCUT2D eigenvalue weighted by Gasteiger charge is 2.33. The van der Waals surface area contributed by atoms with Gasteiger partial charge in [0, 0.05) is 18.1 Å². The Hall–Kier alpha value is -2.83. The summed E-state index contributed by atoms with van der Waals surface area (Å²) in [6.45, 7) is 1.25. The number of fused-ring (bicyclic) bond motifs is 2. The molecule has 0 aliphatic heterocycles. The Balaban J connectivity index is 2.14. The number of carbonyl (C=O) groups is 3. The van der Waals surface area contributed by atoms with Crippen LogP contribution in [0, 0.1) is 0 Å². The molecule has 0 spiro atoms. The van der Waals surface area contributed by atoms with Gasteiger partial charge < -0.3 is 4.74 Å². The van der Waals surface area contributed by atoms with Crippen LogP contribution in [0.4, 0.5) is 0 Å². The fourth-order valence-electron chi connectivity index (χ4n) is 1.94.